The number of rotatable bonds is 4. The fourth-order valence-corrected chi connectivity index (χ4v) is 4.71. The molecular formula is C22H16O5S. The van der Waals surface area contributed by atoms with Gasteiger partial charge in [-0.15, -0.1) is 0 Å². The van der Waals surface area contributed by atoms with E-state index in [0.29, 0.717) is 22.3 Å². The Morgan fingerprint density at radius 3 is 2.21 bits per heavy atom. The van der Waals surface area contributed by atoms with Crippen LogP contribution in [0.2, 0.25) is 0 Å². The van der Waals surface area contributed by atoms with Crippen molar-refractivity contribution in [3.05, 3.63) is 89.3 Å². The second-order valence-corrected chi connectivity index (χ2v) is 7.99. The molecule has 6 heteroatoms. The molecule has 0 amide bonds. The van der Waals surface area contributed by atoms with E-state index in [-0.39, 0.29) is 10.5 Å². The van der Waals surface area contributed by atoms with E-state index in [0.717, 1.165) is 0 Å². The van der Waals surface area contributed by atoms with Crippen LogP contribution in [0.15, 0.2) is 97.9 Å². The minimum atomic E-state index is -4.13. The van der Waals surface area contributed by atoms with Crippen LogP contribution in [-0.4, -0.2) is 15.5 Å². The Labute approximate surface area is 161 Å². The lowest BCUT2D eigenvalue weighted by Gasteiger charge is -2.15. The van der Waals surface area contributed by atoms with Gasteiger partial charge in [-0.25, -0.2) is 13.2 Å². The summed E-state index contributed by atoms with van der Waals surface area (Å²) >= 11 is 0. The van der Waals surface area contributed by atoms with Gasteiger partial charge in [-0.3, -0.25) is 0 Å². The number of ether oxygens (including phenoxy) is 1. The van der Waals surface area contributed by atoms with Crippen molar-refractivity contribution in [1.29, 1.82) is 0 Å². The van der Waals surface area contributed by atoms with Crippen molar-refractivity contribution in [3.63, 3.8) is 0 Å². The van der Waals surface area contributed by atoms with Crippen LogP contribution >= 0.6 is 0 Å². The number of benzene rings is 3. The topological polar surface area (TPSA) is 73.6 Å². The fourth-order valence-electron chi connectivity index (χ4n) is 3.21. The number of hydrogen-bond acceptors (Lipinski definition) is 5. The van der Waals surface area contributed by atoms with E-state index >= 15 is 0 Å². The highest BCUT2D eigenvalue weighted by atomic mass is 32.2. The Morgan fingerprint density at radius 1 is 0.821 bits per heavy atom. The Hall–Kier alpha value is -3.38. The summed E-state index contributed by atoms with van der Waals surface area (Å²) in [6.45, 7) is 0. The third-order valence-electron chi connectivity index (χ3n) is 4.47. The normalized spacial score (nSPS) is 11.5. The van der Waals surface area contributed by atoms with Crippen LogP contribution in [0.1, 0.15) is 0 Å². The lowest BCUT2D eigenvalue weighted by molar-refractivity contribution is 0.416. The van der Waals surface area contributed by atoms with E-state index in [1.165, 1.54) is 19.2 Å². The molecule has 3 aromatic carbocycles. The maximum Gasteiger partial charge on any atom is 0.356 e. The SMILES string of the molecule is COc1ccccc1-c1c(S(=O)(=O)c2ccccc2)c(=O)oc2ccccc12. The van der Waals surface area contributed by atoms with Crippen LogP contribution in [0.3, 0.4) is 0 Å². The van der Waals surface area contributed by atoms with E-state index < -0.39 is 20.4 Å². The summed E-state index contributed by atoms with van der Waals surface area (Å²) in [5, 5.41) is 0.515. The van der Waals surface area contributed by atoms with Gasteiger partial charge in [0.25, 0.3) is 0 Å². The van der Waals surface area contributed by atoms with Gasteiger partial charge in [-0.1, -0.05) is 54.6 Å². The number of fused-ring (bicyclic) bond motifs is 1. The molecule has 28 heavy (non-hydrogen) atoms. The summed E-state index contributed by atoms with van der Waals surface area (Å²) in [5.74, 6) is 0.461. The molecule has 0 aliphatic heterocycles. The van der Waals surface area contributed by atoms with Gasteiger partial charge in [0.2, 0.25) is 9.84 Å². The zero-order valence-electron chi connectivity index (χ0n) is 15.0. The van der Waals surface area contributed by atoms with Gasteiger partial charge in [0.05, 0.1) is 12.0 Å². The van der Waals surface area contributed by atoms with E-state index in [1.54, 1.807) is 66.7 Å². The predicted molar refractivity (Wildman–Crippen MR) is 106 cm³/mol. The van der Waals surface area contributed by atoms with Crippen molar-refractivity contribution in [1.82, 2.24) is 0 Å². The molecule has 0 aliphatic carbocycles. The van der Waals surface area contributed by atoms with Crippen molar-refractivity contribution in [2.24, 2.45) is 0 Å². The molecule has 0 unspecified atom stereocenters. The molecule has 140 valence electrons. The zero-order chi connectivity index (χ0) is 19.7. The van der Waals surface area contributed by atoms with Crippen LogP contribution in [0, 0.1) is 0 Å². The zero-order valence-corrected chi connectivity index (χ0v) is 15.8. The minimum absolute atomic E-state index is 0.0220. The van der Waals surface area contributed by atoms with Gasteiger partial charge in [-0.05, 0) is 24.3 Å². The molecule has 0 radical (unpaired) electrons. The first-order valence-corrected chi connectivity index (χ1v) is 10.0. The van der Waals surface area contributed by atoms with Gasteiger partial charge in [0, 0.05) is 16.5 Å². The molecule has 1 aromatic heterocycles. The Bertz CT molecular complexity index is 1320. The van der Waals surface area contributed by atoms with E-state index in [1.807, 2.05) is 0 Å². The Morgan fingerprint density at radius 2 is 1.46 bits per heavy atom. The summed E-state index contributed by atoms with van der Waals surface area (Å²) in [4.78, 5) is 12.5. The van der Waals surface area contributed by atoms with Crippen LogP contribution < -0.4 is 10.4 Å². The number of hydrogen-bond donors (Lipinski definition) is 0. The van der Waals surface area contributed by atoms with Gasteiger partial charge >= 0.3 is 5.63 Å². The number of methoxy groups -OCH3 is 1. The summed E-state index contributed by atoms with van der Waals surface area (Å²) in [6.07, 6.45) is 0. The molecule has 0 fully saturated rings. The lowest BCUT2D eigenvalue weighted by Crippen LogP contribution is -2.16. The maximum absolute atomic E-state index is 13.4. The molecule has 0 spiro atoms. The lowest BCUT2D eigenvalue weighted by atomic mass is 10.0. The molecule has 4 rings (SSSR count). The maximum atomic E-state index is 13.4. The van der Waals surface area contributed by atoms with E-state index in [4.69, 9.17) is 9.15 Å². The second kappa shape index (κ2) is 6.98. The van der Waals surface area contributed by atoms with Crippen molar-refractivity contribution in [3.8, 4) is 16.9 Å². The third kappa shape index (κ3) is 2.88. The largest absolute Gasteiger partial charge is 0.496 e. The molecule has 4 aromatic rings. The van der Waals surface area contributed by atoms with Gasteiger partial charge in [0.1, 0.15) is 11.3 Å². The van der Waals surface area contributed by atoms with Crippen molar-refractivity contribution < 1.29 is 17.6 Å². The average Bonchev–Trinajstić information content (AvgIpc) is 2.73. The van der Waals surface area contributed by atoms with Crippen LogP contribution in [0.5, 0.6) is 5.75 Å². The van der Waals surface area contributed by atoms with Gasteiger partial charge in [0.15, 0.2) is 4.90 Å². The highest BCUT2D eigenvalue weighted by Gasteiger charge is 2.30. The molecule has 0 bridgehead atoms. The van der Waals surface area contributed by atoms with E-state index in [9.17, 15) is 13.2 Å². The Kier molecular flexibility index (Phi) is 4.49. The molecule has 0 aliphatic rings. The fraction of sp³-hybridized carbons (Fsp3) is 0.0455. The summed E-state index contributed by atoms with van der Waals surface area (Å²) in [7, 11) is -2.63. The summed E-state index contributed by atoms with van der Waals surface area (Å²) in [6, 6.07) is 21.7. The average molecular weight is 392 g/mol. The Balaban J connectivity index is 2.19. The molecule has 0 atom stereocenters. The van der Waals surface area contributed by atoms with E-state index in [2.05, 4.69) is 0 Å². The predicted octanol–water partition coefficient (Wildman–Crippen LogP) is 4.30. The monoisotopic (exact) mass is 392 g/mol. The van der Waals surface area contributed by atoms with Crippen molar-refractivity contribution >= 4 is 20.8 Å². The van der Waals surface area contributed by atoms with Gasteiger partial charge in [-0.2, -0.15) is 0 Å². The minimum Gasteiger partial charge on any atom is -0.496 e. The highest BCUT2D eigenvalue weighted by molar-refractivity contribution is 7.91. The molecular weight excluding hydrogens is 376 g/mol. The van der Waals surface area contributed by atoms with Crippen molar-refractivity contribution in [2.75, 3.05) is 7.11 Å². The molecule has 0 N–H and O–H groups in total. The highest BCUT2D eigenvalue weighted by Crippen LogP contribution is 2.39. The smallest absolute Gasteiger partial charge is 0.356 e. The first-order chi connectivity index (χ1) is 13.5. The number of sulfone groups is 1. The summed E-state index contributed by atoms with van der Waals surface area (Å²) in [5.41, 5.74) is 0.167. The molecule has 5 nitrogen and oxygen atoms in total. The quantitative estimate of drug-likeness (QED) is 0.484. The van der Waals surface area contributed by atoms with Crippen molar-refractivity contribution in [2.45, 2.75) is 9.79 Å². The van der Waals surface area contributed by atoms with Gasteiger partial charge < -0.3 is 9.15 Å². The first-order valence-electron chi connectivity index (χ1n) is 8.53. The third-order valence-corrected chi connectivity index (χ3v) is 6.27. The summed E-state index contributed by atoms with van der Waals surface area (Å²) < 4.78 is 37.6. The number of para-hydroxylation sites is 2. The standard InChI is InChI=1S/C22H16O5S/c1-26-18-13-7-5-11-16(18)20-17-12-6-8-14-19(17)27-22(23)21(20)28(24,25)15-9-3-2-4-10-15/h2-14H,1H3. The molecule has 1 heterocycles. The van der Waals surface area contributed by atoms with Crippen LogP contribution in [0.25, 0.3) is 22.1 Å². The molecule has 0 saturated carbocycles. The second-order valence-electron chi connectivity index (χ2n) is 6.11. The first kappa shape index (κ1) is 18.0. The van der Waals surface area contributed by atoms with Crippen LogP contribution in [-0.2, 0) is 9.84 Å². The van der Waals surface area contributed by atoms with Crippen LogP contribution in [0.4, 0.5) is 0 Å². The molecule has 0 saturated heterocycles.